The van der Waals surface area contributed by atoms with Gasteiger partial charge in [0.25, 0.3) is 0 Å². The summed E-state index contributed by atoms with van der Waals surface area (Å²) >= 11 is 1.73. The summed E-state index contributed by atoms with van der Waals surface area (Å²) in [7, 11) is 0. The summed E-state index contributed by atoms with van der Waals surface area (Å²) in [5.74, 6) is 0.989. The van der Waals surface area contributed by atoms with Crippen molar-refractivity contribution in [2.24, 2.45) is 0 Å². The van der Waals surface area contributed by atoms with Gasteiger partial charge in [-0.2, -0.15) is 0 Å². The third kappa shape index (κ3) is 2.91. The van der Waals surface area contributed by atoms with Crippen molar-refractivity contribution in [3.63, 3.8) is 0 Å². The molecule has 0 aliphatic carbocycles. The molecular weight excluding hydrogens is 294 g/mol. The van der Waals surface area contributed by atoms with E-state index in [4.69, 9.17) is 4.52 Å². The van der Waals surface area contributed by atoms with E-state index in [1.807, 2.05) is 6.20 Å². The molecular formula is C17H21N3OS. The number of rotatable bonds is 6. The second-order valence-electron chi connectivity index (χ2n) is 5.41. The molecule has 0 aromatic carbocycles. The number of nitrogens with zero attached hydrogens (tertiary/aromatic N) is 2. The van der Waals surface area contributed by atoms with Crippen LogP contribution in [0.5, 0.6) is 0 Å². The number of fused-ring (bicyclic) bond motifs is 1. The van der Waals surface area contributed by atoms with Gasteiger partial charge < -0.3 is 9.84 Å². The molecule has 3 aromatic heterocycles. The lowest BCUT2D eigenvalue weighted by molar-refractivity contribution is 0.379. The van der Waals surface area contributed by atoms with Crippen molar-refractivity contribution in [1.82, 2.24) is 15.5 Å². The molecule has 0 aliphatic rings. The van der Waals surface area contributed by atoms with Crippen molar-refractivity contribution in [1.29, 1.82) is 0 Å². The number of hydrogen-bond donors (Lipinski definition) is 1. The average molecular weight is 315 g/mol. The summed E-state index contributed by atoms with van der Waals surface area (Å²) < 4.78 is 6.66. The molecule has 1 unspecified atom stereocenters. The van der Waals surface area contributed by atoms with E-state index >= 15 is 0 Å². The number of hydrogen-bond acceptors (Lipinski definition) is 5. The van der Waals surface area contributed by atoms with E-state index < -0.39 is 0 Å². The van der Waals surface area contributed by atoms with Crippen LogP contribution in [0.3, 0.4) is 0 Å². The number of aromatic nitrogens is 2. The molecule has 0 fully saturated rings. The minimum atomic E-state index is 0.239. The highest BCUT2D eigenvalue weighted by molar-refractivity contribution is 7.17. The monoisotopic (exact) mass is 315 g/mol. The van der Waals surface area contributed by atoms with E-state index in [1.54, 1.807) is 11.3 Å². The van der Waals surface area contributed by atoms with Crippen LogP contribution < -0.4 is 5.32 Å². The van der Waals surface area contributed by atoms with Crippen LogP contribution in [0.15, 0.2) is 28.2 Å². The smallest absolute Gasteiger partial charge is 0.141 e. The molecule has 3 aromatic rings. The first-order valence-corrected chi connectivity index (χ1v) is 8.63. The summed E-state index contributed by atoms with van der Waals surface area (Å²) in [6, 6.07) is 4.52. The van der Waals surface area contributed by atoms with Crippen molar-refractivity contribution in [2.75, 3.05) is 0 Å². The first-order chi connectivity index (χ1) is 10.7. The van der Waals surface area contributed by atoms with Gasteiger partial charge in [-0.3, -0.25) is 4.98 Å². The zero-order valence-electron chi connectivity index (χ0n) is 13.2. The van der Waals surface area contributed by atoms with Gasteiger partial charge in [-0.05, 0) is 36.4 Å². The molecule has 5 heteroatoms. The first-order valence-electron chi connectivity index (χ1n) is 7.75. The van der Waals surface area contributed by atoms with Crippen LogP contribution >= 0.6 is 11.3 Å². The molecule has 4 nitrogen and oxygen atoms in total. The fraction of sp³-hybridized carbons (Fsp3) is 0.412. The predicted octanol–water partition coefficient (Wildman–Crippen LogP) is 4.26. The lowest BCUT2D eigenvalue weighted by atomic mass is 10.1. The maximum Gasteiger partial charge on any atom is 0.141 e. The van der Waals surface area contributed by atoms with Crippen molar-refractivity contribution in [3.8, 4) is 0 Å². The number of thiophene rings is 1. The Morgan fingerprint density at radius 2 is 2.18 bits per heavy atom. The maximum atomic E-state index is 5.42. The topological polar surface area (TPSA) is 51.0 Å². The Labute approximate surface area is 134 Å². The minimum absolute atomic E-state index is 0.239. The van der Waals surface area contributed by atoms with E-state index in [0.717, 1.165) is 36.4 Å². The highest BCUT2D eigenvalue weighted by Gasteiger charge is 2.15. The molecule has 0 saturated carbocycles. The summed E-state index contributed by atoms with van der Waals surface area (Å²) in [5.41, 5.74) is 4.55. The van der Waals surface area contributed by atoms with Crippen molar-refractivity contribution < 1.29 is 4.52 Å². The Balaban J connectivity index is 1.74. The second kappa shape index (κ2) is 6.58. The number of pyridine rings is 1. The molecule has 22 heavy (non-hydrogen) atoms. The molecule has 0 aliphatic heterocycles. The minimum Gasteiger partial charge on any atom is -0.361 e. The van der Waals surface area contributed by atoms with Crippen LogP contribution in [-0.2, 0) is 19.4 Å². The molecule has 1 N–H and O–H groups in total. The van der Waals surface area contributed by atoms with Gasteiger partial charge in [0.1, 0.15) is 5.76 Å². The van der Waals surface area contributed by atoms with Gasteiger partial charge in [0.2, 0.25) is 0 Å². The van der Waals surface area contributed by atoms with E-state index in [2.05, 4.69) is 53.7 Å². The molecule has 0 bridgehead atoms. The van der Waals surface area contributed by atoms with E-state index in [0.29, 0.717) is 0 Å². The molecule has 0 radical (unpaired) electrons. The highest BCUT2D eigenvalue weighted by atomic mass is 32.1. The lowest BCUT2D eigenvalue weighted by Crippen LogP contribution is -2.19. The Hall–Kier alpha value is -1.72. The SMILES string of the molecule is CCc1noc(CC)c1CNC(C)c1cnc2ccsc2c1. The summed E-state index contributed by atoms with van der Waals surface area (Å²) in [6.07, 6.45) is 3.74. The Bertz CT molecular complexity index is 741. The van der Waals surface area contributed by atoms with Crippen LogP contribution in [-0.4, -0.2) is 10.1 Å². The molecule has 0 saturated heterocycles. The summed E-state index contributed by atoms with van der Waals surface area (Å²) in [5, 5.41) is 9.82. The fourth-order valence-corrected chi connectivity index (χ4v) is 3.40. The molecule has 3 rings (SSSR count). The van der Waals surface area contributed by atoms with Gasteiger partial charge in [0.05, 0.1) is 15.9 Å². The standard InChI is InChI=1S/C17H21N3OS/c1-4-14-13(16(5-2)21-20-14)10-18-11(3)12-8-17-15(19-9-12)6-7-22-17/h6-9,11,18H,4-5,10H2,1-3H3. The Morgan fingerprint density at radius 3 is 2.95 bits per heavy atom. The summed E-state index contributed by atoms with van der Waals surface area (Å²) in [4.78, 5) is 4.51. The van der Waals surface area contributed by atoms with Gasteiger partial charge in [-0.25, -0.2) is 0 Å². The molecule has 116 valence electrons. The zero-order valence-corrected chi connectivity index (χ0v) is 14.0. The fourth-order valence-electron chi connectivity index (χ4n) is 2.61. The van der Waals surface area contributed by atoms with E-state index in [9.17, 15) is 0 Å². The van der Waals surface area contributed by atoms with Crippen LogP contribution in [0, 0.1) is 0 Å². The summed E-state index contributed by atoms with van der Waals surface area (Å²) in [6.45, 7) is 7.15. The third-order valence-corrected chi connectivity index (χ3v) is 4.87. The second-order valence-corrected chi connectivity index (χ2v) is 6.36. The van der Waals surface area contributed by atoms with Crippen molar-refractivity contribution >= 4 is 21.6 Å². The quantitative estimate of drug-likeness (QED) is 0.738. The average Bonchev–Trinajstić information content (AvgIpc) is 3.17. The van der Waals surface area contributed by atoms with Crippen LogP contribution in [0.2, 0.25) is 0 Å². The lowest BCUT2D eigenvalue weighted by Gasteiger charge is -2.14. The third-order valence-electron chi connectivity index (χ3n) is 4.02. The van der Waals surface area contributed by atoms with E-state index in [-0.39, 0.29) is 6.04 Å². The largest absolute Gasteiger partial charge is 0.361 e. The maximum absolute atomic E-state index is 5.42. The van der Waals surface area contributed by atoms with Crippen molar-refractivity contribution in [2.45, 2.75) is 46.2 Å². The van der Waals surface area contributed by atoms with Gasteiger partial charge in [0.15, 0.2) is 0 Å². The van der Waals surface area contributed by atoms with Crippen LogP contribution in [0.25, 0.3) is 10.2 Å². The number of nitrogens with one attached hydrogen (secondary N) is 1. The number of aryl methyl sites for hydroxylation is 2. The molecule has 3 heterocycles. The van der Waals surface area contributed by atoms with Gasteiger partial charge in [-0.15, -0.1) is 11.3 Å². The predicted molar refractivity (Wildman–Crippen MR) is 90.1 cm³/mol. The van der Waals surface area contributed by atoms with E-state index in [1.165, 1.54) is 15.8 Å². The Kier molecular flexibility index (Phi) is 4.55. The molecule has 1 atom stereocenters. The Morgan fingerprint density at radius 1 is 1.32 bits per heavy atom. The molecule has 0 amide bonds. The van der Waals surface area contributed by atoms with Crippen LogP contribution in [0.1, 0.15) is 49.4 Å². The van der Waals surface area contributed by atoms with Gasteiger partial charge >= 0.3 is 0 Å². The van der Waals surface area contributed by atoms with Crippen LogP contribution in [0.4, 0.5) is 0 Å². The normalized spacial score (nSPS) is 12.9. The molecule has 0 spiro atoms. The zero-order chi connectivity index (χ0) is 15.5. The van der Waals surface area contributed by atoms with Crippen molar-refractivity contribution in [3.05, 3.63) is 46.3 Å². The van der Waals surface area contributed by atoms with Gasteiger partial charge in [-0.1, -0.05) is 19.0 Å². The highest BCUT2D eigenvalue weighted by Crippen LogP contribution is 2.23. The van der Waals surface area contributed by atoms with Gasteiger partial charge in [0, 0.05) is 30.8 Å². The first kappa shape index (κ1) is 15.2.